The molecule has 1 aromatic carbocycles. The normalized spacial score (nSPS) is 14.1. The van der Waals surface area contributed by atoms with Gasteiger partial charge < -0.3 is 23.9 Å². The second-order valence-corrected chi connectivity index (χ2v) is 7.69. The van der Waals surface area contributed by atoms with Gasteiger partial charge in [0.2, 0.25) is 0 Å². The zero-order chi connectivity index (χ0) is 21.1. The summed E-state index contributed by atoms with van der Waals surface area (Å²) in [4.78, 5) is 27.2. The summed E-state index contributed by atoms with van der Waals surface area (Å²) in [6.45, 7) is 3.86. The SMILES string of the molecule is Cc1c(C(=O)NCc2ccco2)c2cc(OCC(=O)N3CCCCC3)ccc2n1C. The summed E-state index contributed by atoms with van der Waals surface area (Å²) in [7, 11) is 1.93. The summed E-state index contributed by atoms with van der Waals surface area (Å²) in [5, 5.41) is 3.71. The number of carbonyl (C=O) groups excluding carboxylic acids is 2. The number of ether oxygens (including phenoxy) is 1. The fraction of sp³-hybridized carbons (Fsp3) is 0.391. The number of aromatic nitrogens is 1. The second kappa shape index (κ2) is 8.65. The number of benzene rings is 1. The van der Waals surface area contributed by atoms with Crippen molar-refractivity contribution in [2.24, 2.45) is 7.05 Å². The van der Waals surface area contributed by atoms with Crippen LogP contribution in [-0.4, -0.2) is 41.0 Å². The van der Waals surface area contributed by atoms with E-state index in [9.17, 15) is 9.59 Å². The van der Waals surface area contributed by atoms with E-state index in [-0.39, 0.29) is 18.4 Å². The van der Waals surface area contributed by atoms with Gasteiger partial charge >= 0.3 is 0 Å². The van der Waals surface area contributed by atoms with Crippen molar-refractivity contribution in [1.82, 2.24) is 14.8 Å². The number of fused-ring (bicyclic) bond motifs is 1. The number of amides is 2. The predicted octanol–water partition coefficient (Wildman–Crippen LogP) is 3.40. The van der Waals surface area contributed by atoms with Gasteiger partial charge in [0.15, 0.2) is 6.61 Å². The van der Waals surface area contributed by atoms with E-state index in [0.717, 1.165) is 42.5 Å². The van der Waals surface area contributed by atoms with Gasteiger partial charge in [-0.15, -0.1) is 0 Å². The lowest BCUT2D eigenvalue weighted by Gasteiger charge is -2.26. The number of aryl methyl sites for hydroxylation is 1. The zero-order valence-electron chi connectivity index (χ0n) is 17.4. The van der Waals surface area contributed by atoms with E-state index in [1.165, 1.54) is 6.42 Å². The Morgan fingerprint density at radius 2 is 1.97 bits per heavy atom. The first-order chi connectivity index (χ1) is 14.5. The van der Waals surface area contributed by atoms with Crippen molar-refractivity contribution in [1.29, 1.82) is 0 Å². The van der Waals surface area contributed by atoms with Gasteiger partial charge in [-0.25, -0.2) is 0 Å². The van der Waals surface area contributed by atoms with Gasteiger partial charge in [0.05, 0.1) is 18.4 Å². The number of rotatable bonds is 6. The number of hydrogen-bond donors (Lipinski definition) is 1. The standard InChI is InChI=1S/C23H27N3O4/c1-16-22(23(28)24-14-18-7-6-12-29-18)19-13-17(8-9-20(19)25(16)2)30-15-21(27)26-10-4-3-5-11-26/h6-9,12-13H,3-5,10-11,14-15H2,1-2H3,(H,24,28). The molecule has 3 heterocycles. The summed E-state index contributed by atoms with van der Waals surface area (Å²) in [6.07, 6.45) is 4.87. The van der Waals surface area contributed by atoms with Crippen molar-refractivity contribution in [3.8, 4) is 5.75 Å². The van der Waals surface area contributed by atoms with Crippen LogP contribution in [0.4, 0.5) is 0 Å². The Morgan fingerprint density at radius 1 is 1.17 bits per heavy atom. The molecular formula is C23H27N3O4. The minimum absolute atomic E-state index is 0.00968. The molecule has 0 aliphatic carbocycles. The Morgan fingerprint density at radius 3 is 2.70 bits per heavy atom. The highest BCUT2D eigenvalue weighted by Gasteiger charge is 2.20. The van der Waals surface area contributed by atoms with Crippen LogP contribution in [0.15, 0.2) is 41.0 Å². The smallest absolute Gasteiger partial charge is 0.260 e. The van der Waals surface area contributed by atoms with Crippen LogP contribution in [-0.2, 0) is 18.4 Å². The first-order valence-corrected chi connectivity index (χ1v) is 10.3. The molecule has 1 saturated heterocycles. The lowest BCUT2D eigenvalue weighted by Crippen LogP contribution is -2.38. The number of furan rings is 1. The van der Waals surface area contributed by atoms with Crippen molar-refractivity contribution in [3.05, 3.63) is 53.6 Å². The molecular weight excluding hydrogens is 382 g/mol. The van der Waals surface area contributed by atoms with E-state index >= 15 is 0 Å². The Balaban J connectivity index is 1.51. The minimum Gasteiger partial charge on any atom is -0.484 e. The number of nitrogens with one attached hydrogen (secondary N) is 1. The van der Waals surface area contributed by atoms with Gasteiger partial charge in [-0.2, -0.15) is 0 Å². The third kappa shape index (κ3) is 4.06. The van der Waals surface area contributed by atoms with E-state index in [0.29, 0.717) is 23.6 Å². The van der Waals surface area contributed by atoms with Gasteiger partial charge in [-0.3, -0.25) is 9.59 Å². The van der Waals surface area contributed by atoms with Gasteiger partial charge in [-0.1, -0.05) is 0 Å². The van der Waals surface area contributed by atoms with E-state index in [2.05, 4.69) is 5.32 Å². The molecule has 1 aliphatic heterocycles. The summed E-state index contributed by atoms with van der Waals surface area (Å²) < 4.78 is 13.1. The van der Waals surface area contributed by atoms with Gasteiger partial charge in [0.1, 0.15) is 11.5 Å². The minimum atomic E-state index is -0.170. The Hall–Kier alpha value is -3.22. The van der Waals surface area contributed by atoms with Crippen molar-refractivity contribution in [2.75, 3.05) is 19.7 Å². The molecule has 1 N–H and O–H groups in total. The molecule has 158 valence electrons. The molecule has 2 aromatic heterocycles. The van der Waals surface area contributed by atoms with Crippen LogP contribution < -0.4 is 10.1 Å². The largest absolute Gasteiger partial charge is 0.484 e. The molecule has 1 fully saturated rings. The lowest BCUT2D eigenvalue weighted by molar-refractivity contribution is -0.134. The summed E-state index contributed by atoms with van der Waals surface area (Å²) >= 11 is 0. The lowest BCUT2D eigenvalue weighted by atomic mass is 10.1. The van der Waals surface area contributed by atoms with Crippen LogP contribution in [0.2, 0.25) is 0 Å². The molecule has 7 heteroatoms. The molecule has 0 bridgehead atoms. The second-order valence-electron chi connectivity index (χ2n) is 7.69. The number of nitrogens with zero attached hydrogens (tertiary/aromatic N) is 2. The zero-order valence-corrected chi connectivity index (χ0v) is 17.4. The fourth-order valence-corrected chi connectivity index (χ4v) is 3.98. The average molecular weight is 409 g/mol. The molecule has 1 aliphatic rings. The average Bonchev–Trinajstić information content (AvgIpc) is 3.38. The molecule has 7 nitrogen and oxygen atoms in total. The Kier molecular flexibility index (Phi) is 5.79. The van der Waals surface area contributed by atoms with E-state index in [1.54, 1.807) is 12.3 Å². The first-order valence-electron chi connectivity index (χ1n) is 10.3. The van der Waals surface area contributed by atoms with E-state index in [1.807, 2.05) is 47.7 Å². The van der Waals surface area contributed by atoms with Crippen LogP contribution in [0, 0.1) is 6.92 Å². The van der Waals surface area contributed by atoms with Crippen LogP contribution >= 0.6 is 0 Å². The summed E-state index contributed by atoms with van der Waals surface area (Å²) in [5.74, 6) is 1.12. The quantitative estimate of drug-likeness (QED) is 0.677. The van der Waals surface area contributed by atoms with Crippen LogP contribution in [0.1, 0.15) is 41.1 Å². The molecule has 0 spiro atoms. The molecule has 0 unspecified atom stereocenters. The highest BCUT2D eigenvalue weighted by Crippen LogP contribution is 2.29. The highest BCUT2D eigenvalue weighted by atomic mass is 16.5. The first kappa shape index (κ1) is 20.1. The van der Waals surface area contributed by atoms with Gasteiger partial charge in [0, 0.05) is 36.7 Å². The van der Waals surface area contributed by atoms with E-state index in [4.69, 9.17) is 9.15 Å². The third-order valence-electron chi connectivity index (χ3n) is 5.77. The van der Waals surface area contributed by atoms with Crippen LogP contribution in [0.5, 0.6) is 5.75 Å². The Labute approximate surface area is 175 Å². The molecule has 3 aromatic rings. The maximum absolute atomic E-state index is 12.9. The third-order valence-corrected chi connectivity index (χ3v) is 5.77. The number of hydrogen-bond acceptors (Lipinski definition) is 4. The molecule has 2 amide bonds. The summed E-state index contributed by atoms with van der Waals surface area (Å²) in [5.41, 5.74) is 2.40. The molecule has 0 saturated carbocycles. The van der Waals surface area contributed by atoms with Gasteiger partial charge in [0.25, 0.3) is 11.8 Å². The fourth-order valence-electron chi connectivity index (χ4n) is 3.98. The predicted molar refractivity (Wildman–Crippen MR) is 113 cm³/mol. The van der Waals surface area contributed by atoms with E-state index < -0.39 is 0 Å². The number of piperidine rings is 1. The van der Waals surface area contributed by atoms with Crippen molar-refractivity contribution in [3.63, 3.8) is 0 Å². The van der Waals surface area contributed by atoms with Crippen molar-refractivity contribution in [2.45, 2.75) is 32.7 Å². The van der Waals surface area contributed by atoms with Crippen molar-refractivity contribution < 1.29 is 18.7 Å². The topological polar surface area (TPSA) is 76.7 Å². The number of likely N-dealkylation sites (tertiary alicyclic amines) is 1. The maximum Gasteiger partial charge on any atom is 0.260 e. The molecule has 0 radical (unpaired) electrons. The van der Waals surface area contributed by atoms with Gasteiger partial charge in [-0.05, 0) is 56.5 Å². The summed E-state index contributed by atoms with van der Waals surface area (Å²) in [6, 6.07) is 9.22. The monoisotopic (exact) mass is 409 g/mol. The number of carbonyl (C=O) groups is 2. The maximum atomic E-state index is 12.9. The molecule has 30 heavy (non-hydrogen) atoms. The highest BCUT2D eigenvalue weighted by molar-refractivity contribution is 6.08. The molecule has 4 rings (SSSR count). The Bertz CT molecular complexity index is 1050. The van der Waals surface area contributed by atoms with Crippen LogP contribution in [0.25, 0.3) is 10.9 Å². The van der Waals surface area contributed by atoms with Crippen LogP contribution in [0.3, 0.4) is 0 Å². The van der Waals surface area contributed by atoms with Crippen molar-refractivity contribution >= 4 is 22.7 Å². The molecule has 0 atom stereocenters.